The highest BCUT2D eigenvalue weighted by molar-refractivity contribution is 6.76. The van der Waals surface area contributed by atoms with Gasteiger partial charge < -0.3 is 14.0 Å². The molecule has 0 aliphatic carbocycles. The van der Waals surface area contributed by atoms with Gasteiger partial charge >= 0.3 is 0 Å². The van der Waals surface area contributed by atoms with Crippen LogP contribution >= 0.6 is 0 Å². The van der Waals surface area contributed by atoms with Gasteiger partial charge in [-0.15, -0.1) is 0 Å². The second kappa shape index (κ2) is 13.7. The number of hydrogen-bond donors (Lipinski definition) is 0. The van der Waals surface area contributed by atoms with Crippen LogP contribution in [0, 0.1) is 5.82 Å². The summed E-state index contributed by atoms with van der Waals surface area (Å²) in [5, 5.41) is 2.35. The number of ether oxygens (including phenoxy) is 2. The second-order valence-corrected chi connectivity index (χ2v) is 17.5. The van der Waals surface area contributed by atoms with E-state index >= 15 is 0 Å². The molecule has 0 saturated carbocycles. The highest BCUT2D eigenvalue weighted by atomic mass is 28.3. The van der Waals surface area contributed by atoms with Gasteiger partial charge in [-0.2, -0.15) is 0 Å². The molecule has 0 atom stereocenters. The summed E-state index contributed by atoms with van der Waals surface area (Å²) in [6.07, 6.45) is 7.92. The SMILES string of the molecule is C[Si](C)(C)CCOCON1CCc2c(ncc3c2c(COCCCc2ccccn2)cn3Cc2ccc(F)cc2)C1=O. The summed E-state index contributed by atoms with van der Waals surface area (Å²) in [7, 11) is -1.20. The number of halogens is 1. The van der Waals surface area contributed by atoms with Crippen molar-refractivity contribution in [2.75, 3.05) is 26.6 Å². The number of pyridine rings is 2. The van der Waals surface area contributed by atoms with Crippen molar-refractivity contribution in [1.29, 1.82) is 0 Å². The molecule has 42 heavy (non-hydrogen) atoms. The van der Waals surface area contributed by atoms with Gasteiger partial charge in [0.05, 0.1) is 24.9 Å². The van der Waals surface area contributed by atoms with Crippen molar-refractivity contribution in [2.24, 2.45) is 0 Å². The molecule has 1 aliphatic rings. The molecule has 3 aromatic heterocycles. The van der Waals surface area contributed by atoms with Crippen molar-refractivity contribution in [1.82, 2.24) is 19.6 Å². The minimum absolute atomic E-state index is 0.0411. The first-order valence-corrected chi connectivity index (χ1v) is 18.2. The Morgan fingerprint density at radius 3 is 2.62 bits per heavy atom. The number of fused-ring (bicyclic) bond motifs is 3. The number of aromatic nitrogens is 3. The predicted octanol–water partition coefficient (Wildman–Crippen LogP) is 6.01. The lowest BCUT2D eigenvalue weighted by Gasteiger charge is -2.27. The summed E-state index contributed by atoms with van der Waals surface area (Å²) in [4.78, 5) is 28.0. The Balaban J connectivity index is 1.32. The summed E-state index contributed by atoms with van der Waals surface area (Å²) < 4.78 is 27.4. The summed E-state index contributed by atoms with van der Waals surface area (Å²) in [6, 6.07) is 13.5. The fourth-order valence-electron chi connectivity index (χ4n) is 5.07. The second-order valence-electron chi connectivity index (χ2n) is 11.9. The zero-order valence-electron chi connectivity index (χ0n) is 24.6. The van der Waals surface area contributed by atoms with Crippen LogP contribution in [0.5, 0.6) is 0 Å². The molecule has 0 N–H and O–H groups in total. The third-order valence-electron chi connectivity index (χ3n) is 7.36. The van der Waals surface area contributed by atoms with Crippen molar-refractivity contribution in [3.05, 3.63) is 95.0 Å². The van der Waals surface area contributed by atoms with Gasteiger partial charge in [0.15, 0.2) is 6.79 Å². The Kier molecular flexibility index (Phi) is 9.79. The molecule has 4 heterocycles. The van der Waals surface area contributed by atoms with E-state index in [0.29, 0.717) is 45.0 Å². The molecule has 0 saturated heterocycles. The first kappa shape index (κ1) is 30.0. The number of hydrogen-bond acceptors (Lipinski definition) is 6. The quantitative estimate of drug-likeness (QED) is 0.102. The largest absolute Gasteiger partial charge is 0.377 e. The zero-order chi connectivity index (χ0) is 29.5. The molecule has 0 unspecified atom stereocenters. The van der Waals surface area contributed by atoms with E-state index in [1.165, 1.54) is 17.2 Å². The molecular weight excluding hydrogens is 551 g/mol. The van der Waals surface area contributed by atoms with Gasteiger partial charge in [0.1, 0.15) is 11.5 Å². The predicted molar refractivity (Wildman–Crippen MR) is 162 cm³/mol. The highest BCUT2D eigenvalue weighted by Crippen LogP contribution is 2.31. The minimum Gasteiger partial charge on any atom is -0.377 e. The van der Waals surface area contributed by atoms with E-state index in [1.807, 2.05) is 18.2 Å². The number of carbonyl (C=O) groups excluding carboxylic acids is 1. The van der Waals surface area contributed by atoms with Crippen LogP contribution in [0.3, 0.4) is 0 Å². The average molecular weight is 591 g/mol. The van der Waals surface area contributed by atoms with Gasteiger partial charge in [0, 0.05) is 56.9 Å². The van der Waals surface area contributed by atoms with Gasteiger partial charge in [-0.1, -0.05) is 37.8 Å². The molecule has 0 fully saturated rings. The van der Waals surface area contributed by atoms with Crippen LogP contribution in [0.25, 0.3) is 10.9 Å². The Morgan fingerprint density at radius 2 is 1.86 bits per heavy atom. The molecule has 1 amide bonds. The number of benzene rings is 1. The van der Waals surface area contributed by atoms with Crippen molar-refractivity contribution in [3.63, 3.8) is 0 Å². The van der Waals surface area contributed by atoms with Crippen LogP contribution in [0.1, 0.15) is 39.3 Å². The molecule has 0 radical (unpaired) electrons. The molecule has 4 aromatic rings. The van der Waals surface area contributed by atoms with Crippen molar-refractivity contribution in [2.45, 2.75) is 58.1 Å². The minimum atomic E-state index is -1.20. The van der Waals surface area contributed by atoms with Crippen molar-refractivity contribution in [3.8, 4) is 0 Å². The van der Waals surface area contributed by atoms with E-state index in [0.717, 1.165) is 52.2 Å². The number of hydroxylamine groups is 2. The smallest absolute Gasteiger partial charge is 0.296 e. The fraction of sp³-hybridized carbons (Fsp3) is 0.406. The van der Waals surface area contributed by atoms with Crippen molar-refractivity contribution >= 4 is 24.9 Å². The average Bonchev–Trinajstić information content (AvgIpc) is 3.32. The third kappa shape index (κ3) is 7.68. The topological polar surface area (TPSA) is 78.7 Å². The lowest BCUT2D eigenvalue weighted by atomic mass is 9.99. The number of amides is 1. The molecule has 0 bridgehead atoms. The summed E-state index contributed by atoms with van der Waals surface area (Å²) in [5.74, 6) is -0.529. The van der Waals surface area contributed by atoms with Crippen LogP contribution in [0.4, 0.5) is 4.39 Å². The first-order valence-electron chi connectivity index (χ1n) is 14.5. The molecular formula is C32H39FN4O4Si. The Labute approximate surface area is 247 Å². The Hall–Kier alpha value is -3.44. The summed E-state index contributed by atoms with van der Waals surface area (Å²) in [6.45, 7) is 9.51. The van der Waals surface area contributed by atoms with Gasteiger partial charge in [-0.05, 0) is 60.7 Å². The molecule has 5 rings (SSSR count). The molecule has 8 nitrogen and oxygen atoms in total. The first-order chi connectivity index (χ1) is 20.3. The molecule has 222 valence electrons. The van der Waals surface area contributed by atoms with E-state index < -0.39 is 8.07 Å². The van der Waals surface area contributed by atoms with E-state index in [4.69, 9.17) is 14.3 Å². The maximum absolute atomic E-state index is 13.5. The standard InChI is InChI=1S/C32H39FN4O4Si/c1-42(2,3)18-17-40-23-41-37-15-13-28-30-25(22-39-16-6-8-27-7-4-5-14-34-27)21-36(20-24-9-11-26(33)12-10-24)29(30)19-35-31(28)32(37)38/h4-5,7,9-12,14,19,21H,6,8,13,15-18,20,22-23H2,1-3H3. The van der Waals surface area contributed by atoms with E-state index in [-0.39, 0.29) is 18.5 Å². The van der Waals surface area contributed by atoms with Crippen LogP contribution in [0.2, 0.25) is 25.7 Å². The van der Waals surface area contributed by atoms with Crippen LogP contribution in [-0.4, -0.2) is 60.1 Å². The summed E-state index contributed by atoms with van der Waals surface area (Å²) in [5.41, 5.74) is 5.23. The highest BCUT2D eigenvalue weighted by Gasteiger charge is 2.30. The monoisotopic (exact) mass is 590 g/mol. The van der Waals surface area contributed by atoms with Crippen LogP contribution < -0.4 is 0 Å². The van der Waals surface area contributed by atoms with Gasteiger partial charge in [-0.3, -0.25) is 9.78 Å². The van der Waals surface area contributed by atoms with E-state index in [2.05, 4.69) is 40.4 Å². The van der Waals surface area contributed by atoms with Gasteiger partial charge in [0.2, 0.25) is 0 Å². The Morgan fingerprint density at radius 1 is 1.02 bits per heavy atom. The number of carbonyl (C=O) groups is 1. The maximum Gasteiger partial charge on any atom is 0.296 e. The van der Waals surface area contributed by atoms with Crippen LogP contribution in [-0.2, 0) is 40.3 Å². The van der Waals surface area contributed by atoms with Gasteiger partial charge in [0.25, 0.3) is 5.91 Å². The fourth-order valence-corrected chi connectivity index (χ4v) is 5.83. The van der Waals surface area contributed by atoms with Crippen molar-refractivity contribution < 1.29 is 23.5 Å². The molecule has 0 spiro atoms. The molecule has 10 heteroatoms. The molecule has 1 aliphatic heterocycles. The summed E-state index contributed by atoms with van der Waals surface area (Å²) >= 11 is 0. The van der Waals surface area contributed by atoms with Crippen LogP contribution in [0.15, 0.2) is 61.1 Å². The number of aryl methyl sites for hydroxylation is 1. The third-order valence-corrected chi connectivity index (χ3v) is 9.06. The zero-order valence-corrected chi connectivity index (χ0v) is 25.6. The number of rotatable bonds is 14. The lowest BCUT2D eigenvalue weighted by molar-refractivity contribution is -0.195. The Bertz CT molecular complexity index is 1490. The normalized spacial score (nSPS) is 13.6. The van der Waals surface area contributed by atoms with E-state index in [9.17, 15) is 9.18 Å². The number of nitrogens with zero attached hydrogens (tertiary/aromatic N) is 4. The lowest BCUT2D eigenvalue weighted by Crippen LogP contribution is -2.39. The van der Waals surface area contributed by atoms with E-state index in [1.54, 1.807) is 24.5 Å². The van der Waals surface area contributed by atoms with Gasteiger partial charge in [-0.25, -0.2) is 19.3 Å². The molecule has 1 aromatic carbocycles. The maximum atomic E-state index is 13.5.